The molecule has 0 aliphatic carbocycles. The molecule has 0 amide bonds. The van der Waals surface area contributed by atoms with Gasteiger partial charge in [0.2, 0.25) is 0 Å². The SMILES string of the molecule is CCN1CCC(N)(c2ccccc2OC)CC1. The van der Waals surface area contributed by atoms with Gasteiger partial charge in [0, 0.05) is 24.2 Å². The summed E-state index contributed by atoms with van der Waals surface area (Å²) in [6, 6.07) is 8.13. The van der Waals surface area contributed by atoms with Crippen molar-refractivity contribution < 1.29 is 4.74 Å². The Hall–Kier alpha value is -1.06. The summed E-state index contributed by atoms with van der Waals surface area (Å²) in [5.74, 6) is 0.917. The van der Waals surface area contributed by atoms with Crippen LogP contribution in [-0.4, -0.2) is 31.6 Å². The smallest absolute Gasteiger partial charge is 0.123 e. The van der Waals surface area contributed by atoms with E-state index in [0.717, 1.165) is 43.8 Å². The maximum absolute atomic E-state index is 6.57. The van der Waals surface area contributed by atoms with Gasteiger partial charge in [0.25, 0.3) is 0 Å². The second-order valence-electron chi connectivity index (χ2n) is 4.79. The first-order valence-electron chi connectivity index (χ1n) is 6.34. The molecule has 0 aromatic heterocycles. The fraction of sp³-hybridized carbons (Fsp3) is 0.571. The third-order valence-corrected chi connectivity index (χ3v) is 3.84. The summed E-state index contributed by atoms with van der Waals surface area (Å²) in [6.07, 6.45) is 2.00. The molecule has 1 fully saturated rings. The highest BCUT2D eigenvalue weighted by atomic mass is 16.5. The lowest BCUT2D eigenvalue weighted by atomic mass is 9.81. The standard InChI is InChI=1S/C14H22N2O/c1-3-16-10-8-14(15,9-11-16)12-6-4-5-7-13(12)17-2/h4-7H,3,8-11,15H2,1-2H3. The highest BCUT2D eigenvalue weighted by Crippen LogP contribution is 2.35. The molecule has 0 bridgehead atoms. The van der Waals surface area contributed by atoms with Crippen LogP contribution >= 0.6 is 0 Å². The van der Waals surface area contributed by atoms with Crippen molar-refractivity contribution in [3.8, 4) is 5.75 Å². The largest absolute Gasteiger partial charge is 0.496 e. The Morgan fingerprint density at radius 3 is 2.53 bits per heavy atom. The Kier molecular flexibility index (Phi) is 3.69. The number of nitrogens with zero attached hydrogens (tertiary/aromatic N) is 1. The molecule has 1 aliphatic rings. The zero-order valence-electron chi connectivity index (χ0n) is 10.8. The van der Waals surface area contributed by atoms with Gasteiger partial charge in [-0.3, -0.25) is 0 Å². The van der Waals surface area contributed by atoms with E-state index in [1.165, 1.54) is 0 Å². The Bertz CT molecular complexity index is 370. The van der Waals surface area contributed by atoms with Gasteiger partial charge in [-0.15, -0.1) is 0 Å². The van der Waals surface area contributed by atoms with Gasteiger partial charge in [0.05, 0.1) is 7.11 Å². The number of methoxy groups -OCH3 is 1. The molecule has 2 rings (SSSR count). The van der Waals surface area contributed by atoms with Gasteiger partial charge in [-0.05, 0) is 25.5 Å². The van der Waals surface area contributed by atoms with Crippen molar-refractivity contribution in [3.63, 3.8) is 0 Å². The monoisotopic (exact) mass is 234 g/mol. The van der Waals surface area contributed by atoms with E-state index >= 15 is 0 Å². The van der Waals surface area contributed by atoms with Gasteiger partial charge in [0.1, 0.15) is 5.75 Å². The van der Waals surface area contributed by atoms with E-state index in [0.29, 0.717) is 0 Å². The average Bonchev–Trinajstić information content (AvgIpc) is 2.39. The summed E-state index contributed by atoms with van der Waals surface area (Å²) in [4.78, 5) is 2.44. The molecule has 0 unspecified atom stereocenters. The summed E-state index contributed by atoms with van der Waals surface area (Å²) in [5, 5.41) is 0. The van der Waals surface area contributed by atoms with Crippen molar-refractivity contribution in [1.82, 2.24) is 4.90 Å². The molecular weight excluding hydrogens is 212 g/mol. The number of piperidine rings is 1. The minimum absolute atomic E-state index is 0.224. The third-order valence-electron chi connectivity index (χ3n) is 3.84. The third kappa shape index (κ3) is 2.45. The van der Waals surface area contributed by atoms with Gasteiger partial charge < -0.3 is 15.4 Å². The van der Waals surface area contributed by atoms with Gasteiger partial charge in [-0.25, -0.2) is 0 Å². The predicted molar refractivity (Wildman–Crippen MR) is 70.2 cm³/mol. The van der Waals surface area contributed by atoms with Crippen LogP contribution in [0.5, 0.6) is 5.75 Å². The quantitative estimate of drug-likeness (QED) is 0.869. The topological polar surface area (TPSA) is 38.5 Å². The van der Waals surface area contributed by atoms with E-state index in [4.69, 9.17) is 10.5 Å². The van der Waals surface area contributed by atoms with E-state index in [2.05, 4.69) is 17.9 Å². The number of ether oxygens (including phenoxy) is 1. The van der Waals surface area contributed by atoms with Crippen LogP contribution in [-0.2, 0) is 5.54 Å². The molecule has 1 aromatic carbocycles. The van der Waals surface area contributed by atoms with Crippen molar-refractivity contribution in [2.45, 2.75) is 25.3 Å². The highest BCUT2D eigenvalue weighted by Gasteiger charge is 2.33. The van der Waals surface area contributed by atoms with Crippen molar-refractivity contribution in [2.75, 3.05) is 26.7 Å². The minimum Gasteiger partial charge on any atom is -0.496 e. The van der Waals surface area contributed by atoms with Crippen LogP contribution in [0.2, 0.25) is 0 Å². The van der Waals surface area contributed by atoms with Crippen LogP contribution in [0.15, 0.2) is 24.3 Å². The zero-order chi connectivity index (χ0) is 12.3. The number of benzene rings is 1. The highest BCUT2D eigenvalue weighted by molar-refractivity contribution is 5.39. The zero-order valence-corrected chi connectivity index (χ0v) is 10.8. The van der Waals surface area contributed by atoms with Crippen molar-refractivity contribution in [2.24, 2.45) is 5.73 Å². The first kappa shape index (κ1) is 12.4. The molecule has 0 atom stereocenters. The molecule has 0 saturated carbocycles. The molecule has 1 aliphatic heterocycles. The molecule has 17 heavy (non-hydrogen) atoms. The molecular formula is C14H22N2O. The lowest BCUT2D eigenvalue weighted by Gasteiger charge is -2.39. The second kappa shape index (κ2) is 5.07. The number of hydrogen-bond acceptors (Lipinski definition) is 3. The van der Waals surface area contributed by atoms with E-state index < -0.39 is 0 Å². The maximum atomic E-state index is 6.57. The number of nitrogens with two attached hydrogens (primary N) is 1. The lowest BCUT2D eigenvalue weighted by molar-refractivity contribution is 0.166. The number of hydrogen-bond donors (Lipinski definition) is 1. The Labute approximate surface area is 104 Å². The first-order valence-corrected chi connectivity index (χ1v) is 6.34. The van der Waals surface area contributed by atoms with Crippen LogP contribution < -0.4 is 10.5 Å². The molecule has 1 saturated heterocycles. The summed E-state index contributed by atoms with van der Waals surface area (Å²) >= 11 is 0. The van der Waals surface area contributed by atoms with Crippen LogP contribution in [0, 0.1) is 0 Å². The van der Waals surface area contributed by atoms with Gasteiger partial charge in [0.15, 0.2) is 0 Å². The molecule has 1 aromatic rings. The molecule has 3 heteroatoms. The van der Waals surface area contributed by atoms with Gasteiger partial charge >= 0.3 is 0 Å². The number of para-hydroxylation sites is 1. The maximum Gasteiger partial charge on any atom is 0.123 e. The van der Waals surface area contributed by atoms with Crippen LogP contribution in [0.4, 0.5) is 0 Å². The molecule has 2 N–H and O–H groups in total. The Morgan fingerprint density at radius 2 is 1.94 bits per heavy atom. The molecule has 94 valence electrons. The second-order valence-corrected chi connectivity index (χ2v) is 4.79. The van der Waals surface area contributed by atoms with Crippen LogP contribution in [0.1, 0.15) is 25.3 Å². The van der Waals surface area contributed by atoms with E-state index in [1.807, 2.05) is 18.2 Å². The lowest BCUT2D eigenvalue weighted by Crippen LogP contribution is -2.48. The van der Waals surface area contributed by atoms with Gasteiger partial charge in [-0.1, -0.05) is 25.1 Å². The summed E-state index contributed by atoms with van der Waals surface area (Å²) in [7, 11) is 1.71. The summed E-state index contributed by atoms with van der Waals surface area (Å²) in [6.45, 7) is 5.46. The van der Waals surface area contributed by atoms with Crippen LogP contribution in [0.3, 0.4) is 0 Å². The molecule has 0 spiro atoms. The van der Waals surface area contributed by atoms with Crippen LogP contribution in [0.25, 0.3) is 0 Å². The molecule has 1 heterocycles. The van der Waals surface area contributed by atoms with Crippen molar-refractivity contribution >= 4 is 0 Å². The normalized spacial score (nSPS) is 20.2. The molecule has 0 radical (unpaired) electrons. The van der Waals surface area contributed by atoms with Crippen molar-refractivity contribution in [3.05, 3.63) is 29.8 Å². The molecule has 3 nitrogen and oxygen atoms in total. The predicted octanol–water partition coefficient (Wildman–Crippen LogP) is 1.96. The van der Waals surface area contributed by atoms with E-state index in [1.54, 1.807) is 7.11 Å². The summed E-state index contributed by atoms with van der Waals surface area (Å²) in [5.41, 5.74) is 7.49. The number of rotatable bonds is 3. The van der Waals surface area contributed by atoms with Gasteiger partial charge in [-0.2, -0.15) is 0 Å². The average molecular weight is 234 g/mol. The van der Waals surface area contributed by atoms with E-state index in [-0.39, 0.29) is 5.54 Å². The fourth-order valence-corrected chi connectivity index (χ4v) is 2.59. The Morgan fingerprint density at radius 1 is 1.29 bits per heavy atom. The van der Waals surface area contributed by atoms with Crippen molar-refractivity contribution in [1.29, 1.82) is 0 Å². The Balaban J connectivity index is 2.21. The van der Waals surface area contributed by atoms with E-state index in [9.17, 15) is 0 Å². The fourth-order valence-electron chi connectivity index (χ4n) is 2.59. The minimum atomic E-state index is -0.224. The first-order chi connectivity index (χ1) is 8.19. The number of likely N-dealkylation sites (tertiary alicyclic amines) is 1. The summed E-state index contributed by atoms with van der Waals surface area (Å²) < 4.78 is 5.42.